The molecule has 0 spiro atoms. The number of nitrogens with one attached hydrogen (secondary N) is 1. The molecule has 0 fully saturated rings. The number of hydrogen-bond donors (Lipinski definition) is 2. The molecular formula is C9H11FN4O3. The van der Waals surface area contributed by atoms with E-state index in [0.717, 1.165) is 12.1 Å². The van der Waals surface area contributed by atoms with Gasteiger partial charge in [0.05, 0.1) is 17.7 Å². The van der Waals surface area contributed by atoms with Crippen LogP contribution in [0.2, 0.25) is 0 Å². The van der Waals surface area contributed by atoms with Crippen molar-refractivity contribution in [2.75, 3.05) is 19.5 Å². The molecule has 0 amide bonds. The second-order valence-corrected chi connectivity index (χ2v) is 2.99. The number of benzene rings is 1. The van der Waals surface area contributed by atoms with Crippen molar-refractivity contribution in [2.24, 2.45) is 10.7 Å². The molecule has 0 radical (unpaired) electrons. The Hall–Kier alpha value is -2.38. The third kappa shape index (κ3) is 2.80. The molecule has 0 aliphatic rings. The maximum Gasteiger partial charge on any atom is 0.307 e. The van der Waals surface area contributed by atoms with Crippen LogP contribution in [0.25, 0.3) is 0 Å². The molecule has 0 atom stereocenters. The molecule has 0 saturated heterocycles. The van der Waals surface area contributed by atoms with E-state index in [-0.39, 0.29) is 17.4 Å². The van der Waals surface area contributed by atoms with Crippen molar-refractivity contribution in [3.8, 4) is 5.75 Å². The van der Waals surface area contributed by atoms with Gasteiger partial charge in [0.25, 0.3) is 0 Å². The summed E-state index contributed by atoms with van der Waals surface area (Å²) in [5, 5.41) is 13.1. The number of anilines is 1. The summed E-state index contributed by atoms with van der Waals surface area (Å²) in [6, 6.07) is 1.90. The van der Waals surface area contributed by atoms with Gasteiger partial charge in [0.15, 0.2) is 5.96 Å². The normalized spacial score (nSPS) is 11.1. The topological polar surface area (TPSA) is 103 Å². The lowest BCUT2D eigenvalue weighted by Gasteiger charge is -2.10. The van der Waals surface area contributed by atoms with Gasteiger partial charge in [-0.15, -0.1) is 0 Å². The molecule has 0 unspecified atom stereocenters. The number of rotatable bonds is 3. The SMILES string of the molecule is CN=C(N)Nc1cc([N+](=O)[O-])c(F)cc1OC. The minimum Gasteiger partial charge on any atom is -0.494 e. The van der Waals surface area contributed by atoms with E-state index in [9.17, 15) is 14.5 Å². The summed E-state index contributed by atoms with van der Waals surface area (Å²) in [4.78, 5) is 13.4. The summed E-state index contributed by atoms with van der Waals surface area (Å²) in [5.74, 6) is -0.853. The van der Waals surface area contributed by atoms with E-state index in [4.69, 9.17) is 10.5 Å². The first-order valence-electron chi connectivity index (χ1n) is 4.50. The second kappa shape index (κ2) is 5.10. The van der Waals surface area contributed by atoms with Gasteiger partial charge < -0.3 is 15.8 Å². The maximum absolute atomic E-state index is 13.3. The van der Waals surface area contributed by atoms with E-state index in [1.54, 1.807) is 0 Å². The van der Waals surface area contributed by atoms with Crippen molar-refractivity contribution in [3.63, 3.8) is 0 Å². The monoisotopic (exact) mass is 242 g/mol. The van der Waals surface area contributed by atoms with Crippen LogP contribution in [-0.2, 0) is 0 Å². The Morgan fingerprint density at radius 1 is 1.65 bits per heavy atom. The van der Waals surface area contributed by atoms with Gasteiger partial charge in [-0.25, -0.2) is 0 Å². The van der Waals surface area contributed by atoms with Crippen molar-refractivity contribution in [2.45, 2.75) is 0 Å². The Balaban J connectivity index is 3.26. The van der Waals surface area contributed by atoms with Gasteiger partial charge in [0.2, 0.25) is 5.82 Å². The molecule has 0 bridgehead atoms. The molecule has 3 N–H and O–H groups in total. The van der Waals surface area contributed by atoms with E-state index >= 15 is 0 Å². The first-order valence-corrected chi connectivity index (χ1v) is 4.50. The number of nitrogens with two attached hydrogens (primary N) is 1. The van der Waals surface area contributed by atoms with Gasteiger partial charge >= 0.3 is 5.69 Å². The summed E-state index contributed by atoms with van der Waals surface area (Å²) in [7, 11) is 2.75. The van der Waals surface area contributed by atoms with Crippen molar-refractivity contribution in [3.05, 3.63) is 28.1 Å². The van der Waals surface area contributed by atoms with Crippen LogP contribution in [0.15, 0.2) is 17.1 Å². The molecule has 17 heavy (non-hydrogen) atoms. The van der Waals surface area contributed by atoms with Crippen LogP contribution in [-0.4, -0.2) is 25.0 Å². The van der Waals surface area contributed by atoms with Crippen LogP contribution in [0.3, 0.4) is 0 Å². The maximum atomic E-state index is 13.3. The van der Waals surface area contributed by atoms with Crippen LogP contribution >= 0.6 is 0 Å². The first-order chi connectivity index (χ1) is 7.99. The van der Waals surface area contributed by atoms with Gasteiger partial charge in [-0.05, 0) is 0 Å². The third-order valence-electron chi connectivity index (χ3n) is 1.97. The van der Waals surface area contributed by atoms with E-state index in [2.05, 4.69) is 10.3 Å². The highest BCUT2D eigenvalue weighted by atomic mass is 19.1. The second-order valence-electron chi connectivity index (χ2n) is 2.99. The van der Waals surface area contributed by atoms with Crippen LogP contribution in [0.1, 0.15) is 0 Å². The fourth-order valence-corrected chi connectivity index (χ4v) is 1.14. The number of nitrogens with zero attached hydrogens (tertiary/aromatic N) is 2. The minimum absolute atomic E-state index is 0.0317. The Bertz CT molecular complexity index is 476. The van der Waals surface area contributed by atoms with Crippen molar-refractivity contribution in [1.82, 2.24) is 0 Å². The van der Waals surface area contributed by atoms with Gasteiger partial charge in [0, 0.05) is 19.2 Å². The Morgan fingerprint density at radius 2 is 2.29 bits per heavy atom. The predicted molar refractivity (Wildman–Crippen MR) is 60.8 cm³/mol. The first kappa shape index (κ1) is 12.7. The molecule has 0 saturated carbocycles. The van der Waals surface area contributed by atoms with Gasteiger partial charge in [-0.3, -0.25) is 15.1 Å². The molecule has 7 nitrogen and oxygen atoms in total. The number of ether oxygens (including phenoxy) is 1. The number of guanidine groups is 1. The van der Waals surface area contributed by atoms with Crippen LogP contribution in [0, 0.1) is 15.9 Å². The van der Waals surface area contributed by atoms with Crippen molar-refractivity contribution in [1.29, 1.82) is 0 Å². The van der Waals surface area contributed by atoms with Crippen molar-refractivity contribution < 1.29 is 14.1 Å². The van der Waals surface area contributed by atoms with E-state index in [0.29, 0.717) is 0 Å². The number of aliphatic imine (C=N–C) groups is 1. The number of nitro benzene ring substituents is 1. The Labute approximate surface area is 96.2 Å². The average Bonchev–Trinajstić information content (AvgIpc) is 2.30. The molecule has 0 aliphatic heterocycles. The largest absolute Gasteiger partial charge is 0.494 e. The molecule has 8 heteroatoms. The zero-order valence-electron chi connectivity index (χ0n) is 9.23. The highest BCUT2D eigenvalue weighted by Gasteiger charge is 2.19. The fraction of sp³-hybridized carbons (Fsp3) is 0.222. The molecule has 0 aliphatic carbocycles. The van der Waals surface area contributed by atoms with E-state index < -0.39 is 16.4 Å². The molecule has 0 heterocycles. The molecule has 0 aromatic heterocycles. The molecular weight excluding hydrogens is 231 g/mol. The summed E-state index contributed by atoms with van der Waals surface area (Å²) in [6.07, 6.45) is 0. The van der Waals surface area contributed by atoms with Crippen LogP contribution in [0.4, 0.5) is 15.8 Å². The summed E-state index contributed by atoms with van der Waals surface area (Å²) in [6.45, 7) is 0. The van der Waals surface area contributed by atoms with E-state index in [1.165, 1.54) is 14.2 Å². The molecule has 1 aromatic rings. The van der Waals surface area contributed by atoms with Gasteiger partial charge in [-0.2, -0.15) is 4.39 Å². The van der Waals surface area contributed by atoms with Crippen LogP contribution < -0.4 is 15.8 Å². The summed E-state index contributed by atoms with van der Waals surface area (Å²) >= 11 is 0. The molecule has 92 valence electrons. The highest BCUT2D eigenvalue weighted by molar-refractivity contribution is 5.94. The van der Waals surface area contributed by atoms with Crippen molar-refractivity contribution >= 4 is 17.3 Å². The number of methoxy groups -OCH3 is 1. The average molecular weight is 242 g/mol. The Morgan fingerprint density at radius 3 is 2.76 bits per heavy atom. The molecule has 1 aromatic carbocycles. The number of hydrogen-bond acceptors (Lipinski definition) is 4. The highest BCUT2D eigenvalue weighted by Crippen LogP contribution is 2.31. The van der Waals surface area contributed by atoms with E-state index in [1.807, 2.05) is 0 Å². The predicted octanol–water partition coefficient (Wildman–Crippen LogP) is 1.10. The van der Waals surface area contributed by atoms with Gasteiger partial charge in [0.1, 0.15) is 5.75 Å². The fourth-order valence-electron chi connectivity index (χ4n) is 1.14. The number of nitro groups is 1. The standard InChI is InChI=1S/C9H11FN4O3/c1-12-9(11)13-6-4-7(14(15)16)5(10)3-8(6)17-2/h3-4H,1-2H3,(H3,11,12,13). The lowest BCUT2D eigenvalue weighted by Crippen LogP contribution is -2.22. The smallest absolute Gasteiger partial charge is 0.307 e. The lowest BCUT2D eigenvalue weighted by molar-refractivity contribution is -0.387. The summed E-state index contributed by atoms with van der Waals surface area (Å²) in [5.41, 5.74) is 4.91. The van der Waals surface area contributed by atoms with Gasteiger partial charge in [-0.1, -0.05) is 0 Å². The summed E-state index contributed by atoms with van der Waals surface area (Å²) < 4.78 is 18.1. The minimum atomic E-state index is -0.982. The zero-order valence-corrected chi connectivity index (χ0v) is 9.23. The quantitative estimate of drug-likeness (QED) is 0.357. The molecule has 1 rings (SSSR count). The third-order valence-corrected chi connectivity index (χ3v) is 1.97. The lowest BCUT2D eigenvalue weighted by atomic mass is 10.2. The Kier molecular flexibility index (Phi) is 3.81. The number of halogens is 1. The van der Waals surface area contributed by atoms with Crippen LogP contribution in [0.5, 0.6) is 5.75 Å². The zero-order chi connectivity index (χ0) is 13.0.